The number of carbonyl (C=O) groups is 3. The van der Waals surface area contributed by atoms with Crippen molar-refractivity contribution in [3.05, 3.63) is 71.5 Å². The van der Waals surface area contributed by atoms with Crippen molar-refractivity contribution in [1.82, 2.24) is 19.9 Å². The van der Waals surface area contributed by atoms with E-state index in [4.69, 9.17) is 4.74 Å². The standard InChI is InChI=1S/C23H24N4O4/c1-26(21(16-30)10-6-12-28)14-22-18(15-29)7-5-11-23(22)31-17-19-13-27(25-24-19)20-8-3-2-4-9-20/h2-5,7-9,11-13,15-16,21H,6,10,14,17H2,1H3. The SMILES string of the molecule is CN(Cc1c(C=O)cccc1OCc1cn(-c2ccccc2)nn1)C(C=O)CCC=O. The smallest absolute Gasteiger partial charge is 0.150 e. The van der Waals surface area contributed by atoms with Crippen LogP contribution in [0.2, 0.25) is 0 Å². The zero-order chi connectivity index (χ0) is 22.1. The molecule has 0 aliphatic carbocycles. The maximum Gasteiger partial charge on any atom is 0.150 e. The van der Waals surface area contributed by atoms with Crippen LogP contribution >= 0.6 is 0 Å². The number of nitrogens with zero attached hydrogens (tertiary/aromatic N) is 4. The molecule has 31 heavy (non-hydrogen) atoms. The maximum atomic E-state index is 11.6. The Bertz CT molecular complexity index is 1020. The lowest BCUT2D eigenvalue weighted by Crippen LogP contribution is -2.33. The first kappa shape index (κ1) is 22.0. The number of para-hydroxylation sites is 1. The van der Waals surface area contributed by atoms with E-state index in [9.17, 15) is 14.4 Å². The predicted molar refractivity (Wildman–Crippen MR) is 114 cm³/mol. The second-order valence-electron chi connectivity index (χ2n) is 7.08. The van der Waals surface area contributed by atoms with Gasteiger partial charge in [-0.25, -0.2) is 4.68 Å². The van der Waals surface area contributed by atoms with Gasteiger partial charge in [-0.2, -0.15) is 0 Å². The summed E-state index contributed by atoms with van der Waals surface area (Å²) in [7, 11) is 1.78. The van der Waals surface area contributed by atoms with E-state index < -0.39 is 6.04 Å². The number of likely N-dealkylation sites (N-methyl/N-ethyl adjacent to an activating group) is 1. The van der Waals surface area contributed by atoms with Crippen molar-refractivity contribution in [3.8, 4) is 11.4 Å². The molecule has 0 saturated heterocycles. The van der Waals surface area contributed by atoms with Crippen LogP contribution in [0.1, 0.15) is 34.5 Å². The van der Waals surface area contributed by atoms with E-state index in [1.807, 2.05) is 30.3 Å². The predicted octanol–water partition coefficient (Wildman–Crippen LogP) is 2.64. The van der Waals surface area contributed by atoms with E-state index in [2.05, 4.69) is 10.3 Å². The normalized spacial score (nSPS) is 11.8. The van der Waals surface area contributed by atoms with Crippen molar-refractivity contribution >= 4 is 18.9 Å². The number of benzene rings is 2. The second-order valence-corrected chi connectivity index (χ2v) is 7.08. The minimum atomic E-state index is -0.427. The average Bonchev–Trinajstić information content (AvgIpc) is 3.28. The Labute approximate surface area is 180 Å². The summed E-state index contributed by atoms with van der Waals surface area (Å²) in [5, 5.41) is 8.27. The van der Waals surface area contributed by atoms with Gasteiger partial charge in [0, 0.05) is 24.1 Å². The number of aromatic nitrogens is 3. The number of carbonyl (C=O) groups excluding carboxylic acids is 3. The summed E-state index contributed by atoms with van der Waals surface area (Å²) in [5.41, 5.74) is 2.68. The molecule has 0 N–H and O–H groups in total. The number of hydrogen-bond donors (Lipinski definition) is 0. The Hall–Kier alpha value is -3.65. The summed E-state index contributed by atoms with van der Waals surface area (Å²) in [5.74, 6) is 0.533. The van der Waals surface area contributed by atoms with Gasteiger partial charge in [0.2, 0.25) is 0 Å². The zero-order valence-electron chi connectivity index (χ0n) is 17.3. The van der Waals surface area contributed by atoms with E-state index in [0.29, 0.717) is 42.0 Å². The fourth-order valence-corrected chi connectivity index (χ4v) is 3.22. The molecule has 3 rings (SSSR count). The van der Waals surface area contributed by atoms with Gasteiger partial charge < -0.3 is 14.3 Å². The van der Waals surface area contributed by atoms with E-state index in [0.717, 1.165) is 24.5 Å². The van der Waals surface area contributed by atoms with Crippen molar-refractivity contribution in [2.75, 3.05) is 7.05 Å². The van der Waals surface area contributed by atoms with Gasteiger partial charge in [0.1, 0.15) is 30.6 Å². The van der Waals surface area contributed by atoms with Crippen LogP contribution in [0.15, 0.2) is 54.7 Å². The molecule has 0 fully saturated rings. The molecule has 1 heterocycles. The highest BCUT2D eigenvalue weighted by Crippen LogP contribution is 2.25. The number of ether oxygens (including phenoxy) is 1. The van der Waals surface area contributed by atoms with Crippen LogP contribution in [0.3, 0.4) is 0 Å². The van der Waals surface area contributed by atoms with Crippen molar-refractivity contribution < 1.29 is 19.1 Å². The van der Waals surface area contributed by atoms with Crippen LogP contribution in [0.5, 0.6) is 5.75 Å². The Morgan fingerprint density at radius 2 is 1.90 bits per heavy atom. The first-order valence-electron chi connectivity index (χ1n) is 9.92. The molecule has 0 aliphatic heterocycles. The summed E-state index contributed by atoms with van der Waals surface area (Å²) in [6.07, 6.45) is 4.88. The lowest BCUT2D eigenvalue weighted by Gasteiger charge is -2.24. The number of rotatable bonds is 12. The summed E-state index contributed by atoms with van der Waals surface area (Å²) in [6.45, 7) is 0.497. The highest BCUT2D eigenvalue weighted by molar-refractivity contribution is 5.78. The van der Waals surface area contributed by atoms with Gasteiger partial charge in [-0.05, 0) is 31.7 Å². The molecule has 0 bridgehead atoms. The summed E-state index contributed by atoms with van der Waals surface area (Å²) >= 11 is 0. The van der Waals surface area contributed by atoms with Gasteiger partial charge in [0.05, 0.1) is 17.9 Å². The van der Waals surface area contributed by atoms with Crippen LogP contribution in [-0.2, 0) is 22.7 Å². The fourth-order valence-electron chi connectivity index (χ4n) is 3.22. The Morgan fingerprint density at radius 3 is 2.61 bits per heavy atom. The Balaban J connectivity index is 1.74. The molecule has 0 radical (unpaired) electrons. The van der Waals surface area contributed by atoms with Crippen molar-refractivity contribution in [1.29, 1.82) is 0 Å². The molecule has 160 valence electrons. The fraction of sp³-hybridized carbons (Fsp3) is 0.261. The molecular weight excluding hydrogens is 396 g/mol. The molecule has 1 aromatic heterocycles. The van der Waals surface area contributed by atoms with Gasteiger partial charge in [-0.1, -0.05) is 35.5 Å². The van der Waals surface area contributed by atoms with Crippen LogP contribution in [0.4, 0.5) is 0 Å². The minimum absolute atomic E-state index is 0.175. The first-order valence-corrected chi connectivity index (χ1v) is 9.92. The van der Waals surface area contributed by atoms with Gasteiger partial charge in [0.25, 0.3) is 0 Å². The molecule has 8 heteroatoms. The molecule has 0 amide bonds. The Morgan fingerprint density at radius 1 is 1.10 bits per heavy atom. The largest absolute Gasteiger partial charge is 0.487 e. The lowest BCUT2D eigenvalue weighted by molar-refractivity contribution is -0.113. The van der Waals surface area contributed by atoms with Crippen molar-refractivity contribution in [3.63, 3.8) is 0 Å². The minimum Gasteiger partial charge on any atom is -0.487 e. The van der Waals surface area contributed by atoms with Crippen LogP contribution in [-0.4, -0.2) is 51.8 Å². The van der Waals surface area contributed by atoms with Gasteiger partial charge in [-0.3, -0.25) is 9.69 Å². The average molecular weight is 420 g/mol. The third-order valence-corrected chi connectivity index (χ3v) is 4.94. The summed E-state index contributed by atoms with van der Waals surface area (Å²) < 4.78 is 7.63. The second kappa shape index (κ2) is 10.9. The van der Waals surface area contributed by atoms with Gasteiger partial charge in [-0.15, -0.1) is 5.10 Å². The van der Waals surface area contributed by atoms with Crippen molar-refractivity contribution in [2.24, 2.45) is 0 Å². The monoisotopic (exact) mass is 420 g/mol. The number of aldehydes is 3. The van der Waals surface area contributed by atoms with Crippen LogP contribution in [0.25, 0.3) is 5.69 Å². The molecule has 0 saturated carbocycles. The van der Waals surface area contributed by atoms with Crippen LogP contribution < -0.4 is 4.74 Å². The number of hydrogen-bond acceptors (Lipinski definition) is 7. The third-order valence-electron chi connectivity index (χ3n) is 4.94. The molecule has 0 aliphatic rings. The quantitative estimate of drug-likeness (QED) is 0.416. The highest BCUT2D eigenvalue weighted by Gasteiger charge is 2.18. The van der Waals surface area contributed by atoms with Gasteiger partial charge >= 0.3 is 0 Å². The van der Waals surface area contributed by atoms with Crippen LogP contribution in [0, 0.1) is 0 Å². The topological polar surface area (TPSA) is 94.4 Å². The first-order chi connectivity index (χ1) is 15.2. The molecule has 1 unspecified atom stereocenters. The van der Waals surface area contributed by atoms with E-state index in [1.165, 1.54) is 0 Å². The maximum absolute atomic E-state index is 11.6. The Kier molecular flexibility index (Phi) is 7.78. The van der Waals surface area contributed by atoms with E-state index >= 15 is 0 Å². The van der Waals surface area contributed by atoms with Crippen molar-refractivity contribution in [2.45, 2.75) is 32.0 Å². The highest BCUT2D eigenvalue weighted by atomic mass is 16.5. The molecule has 2 aromatic carbocycles. The summed E-state index contributed by atoms with van der Waals surface area (Å²) in [6, 6.07) is 14.4. The van der Waals surface area contributed by atoms with E-state index in [1.54, 1.807) is 41.0 Å². The molecule has 0 spiro atoms. The third kappa shape index (κ3) is 5.70. The molecule has 8 nitrogen and oxygen atoms in total. The van der Waals surface area contributed by atoms with Gasteiger partial charge in [0.15, 0.2) is 6.29 Å². The molecule has 3 aromatic rings. The zero-order valence-corrected chi connectivity index (χ0v) is 17.3. The van der Waals surface area contributed by atoms with E-state index in [-0.39, 0.29) is 6.61 Å². The summed E-state index contributed by atoms with van der Waals surface area (Å²) in [4.78, 5) is 35.5. The lowest BCUT2D eigenvalue weighted by atomic mass is 10.1. The molecule has 1 atom stereocenters. The molecular formula is C23H24N4O4.